The van der Waals surface area contributed by atoms with Gasteiger partial charge in [-0.05, 0) is 49.3 Å². The summed E-state index contributed by atoms with van der Waals surface area (Å²) < 4.78 is 0. The molecule has 24 heavy (non-hydrogen) atoms. The van der Waals surface area contributed by atoms with Gasteiger partial charge in [-0.2, -0.15) is 0 Å². The highest BCUT2D eigenvalue weighted by Crippen LogP contribution is 2.47. The van der Waals surface area contributed by atoms with E-state index in [1.807, 2.05) is 37.3 Å². The molecule has 0 spiro atoms. The molecular formula is C22H28O2. The van der Waals surface area contributed by atoms with Crippen LogP contribution in [0, 0.1) is 18.8 Å². The lowest BCUT2D eigenvalue weighted by molar-refractivity contribution is 0.247. The number of phenols is 2. The van der Waals surface area contributed by atoms with Gasteiger partial charge in [-0.25, -0.2) is 0 Å². The number of hydrogen-bond donors (Lipinski definition) is 2. The molecule has 1 aliphatic rings. The highest BCUT2D eigenvalue weighted by molar-refractivity contribution is 5.47. The van der Waals surface area contributed by atoms with E-state index in [9.17, 15) is 10.2 Å². The van der Waals surface area contributed by atoms with Gasteiger partial charge in [0.2, 0.25) is 0 Å². The van der Waals surface area contributed by atoms with E-state index >= 15 is 0 Å². The SMILES string of the molecule is CCC1CCC(C(c2ccccc2O)c2ccc(C)cc2O)CC1. The van der Waals surface area contributed by atoms with Crippen molar-refractivity contribution in [1.29, 1.82) is 0 Å². The summed E-state index contributed by atoms with van der Waals surface area (Å²) in [6.07, 6.45) is 6.06. The van der Waals surface area contributed by atoms with Crippen LogP contribution in [0.15, 0.2) is 42.5 Å². The first-order valence-electron chi connectivity index (χ1n) is 9.17. The van der Waals surface area contributed by atoms with Gasteiger partial charge in [-0.1, -0.05) is 56.5 Å². The Bertz CT molecular complexity index is 684. The van der Waals surface area contributed by atoms with Gasteiger partial charge in [0.15, 0.2) is 0 Å². The Hall–Kier alpha value is -1.96. The van der Waals surface area contributed by atoms with Gasteiger partial charge in [0.1, 0.15) is 11.5 Å². The Labute approximate surface area is 145 Å². The molecule has 2 aromatic rings. The van der Waals surface area contributed by atoms with Crippen LogP contribution in [0.3, 0.4) is 0 Å². The van der Waals surface area contributed by atoms with E-state index in [2.05, 4.69) is 13.0 Å². The molecule has 1 aliphatic carbocycles. The summed E-state index contributed by atoms with van der Waals surface area (Å²) in [6, 6.07) is 13.5. The minimum absolute atomic E-state index is 0.0598. The number of para-hydroxylation sites is 1. The first-order valence-corrected chi connectivity index (χ1v) is 9.17. The molecule has 3 rings (SSSR count). The van der Waals surface area contributed by atoms with Gasteiger partial charge in [0.05, 0.1) is 0 Å². The molecule has 0 amide bonds. The van der Waals surface area contributed by atoms with Gasteiger partial charge in [0.25, 0.3) is 0 Å². The van der Waals surface area contributed by atoms with Crippen LogP contribution < -0.4 is 0 Å². The monoisotopic (exact) mass is 324 g/mol. The molecule has 1 atom stereocenters. The average Bonchev–Trinajstić information content (AvgIpc) is 2.59. The molecule has 0 aliphatic heterocycles. The molecule has 1 fully saturated rings. The second kappa shape index (κ2) is 7.29. The zero-order valence-electron chi connectivity index (χ0n) is 14.7. The van der Waals surface area contributed by atoms with Crippen molar-refractivity contribution in [3.05, 3.63) is 59.2 Å². The normalized spacial score (nSPS) is 22.2. The van der Waals surface area contributed by atoms with Crippen molar-refractivity contribution in [2.45, 2.75) is 51.9 Å². The summed E-state index contributed by atoms with van der Waals surface area (Å²) in [5, 5.41) is 21.0. The topological polar surface area (TPSA) is 40.5 Å². The van der Waals surface area contributed by atoms with Crippen LogP contribution in [-0.4, -0.2) is 10.2 Å². The Kier molecular flexibility index (Phi) is 5.13. The van der Waals surface area contributed by atoms with Gasteiger partial charge in [0, 0.05) is 17.0 Å². The first-order chi connectivity index (χ1) is 11.6. The summed E-state index contributed by atoms with van der Waals surface area (Å²) in [4.78, 5) is 0. The molecule has 2 N–H and O–H groups in total. The van der Waals surface area contributed by atoms with Gasteiger partial charge < -0.3 is 10.2 Å². The van der Waals surface area contributed by atoms with Crippen LogP contribution in [0.4, 0.5) is 0 Å². The Balaban J connectivity index is 2.00. The third kappa shape index (κ3) is 3.43. The van der Waals surface area contributed by atoms with Crippen molar-refractivity contribution in [3.8, 4) is 11.5 Å². The predicted molar refractivity (Wildman–Crippen MR) is 98.5 cm³/mol. The van der Waals surface area contributed by atoms with E-state index in [1.54, 1.807) is 6.07 Å². The highest BCUT2D eigenvalue weighted by Gasteiger charge is 2.32. The third-order valence-corrected chi connectivity index (χ3v) is 5.73. The van der Waals surface area contributed by atoms with Gasteiger partial charge in [-0.3, -0.25) is 0 Å². The number of aryl methyl sites for hydroxylation is 1. The average molecular weight is 324 g/mol. The lowest BCUT2D eigenvalue weighted by Gasteiger charge is -2.34. The smallest absolute Gasteiger partial charge is 0.119 e. The molecule has 0 aromatic heterocycles. The number of phenolic OH excluding ortho intramolecular Hbond substituents is 2. The van der Waals surface area contributed by atoms with Gasteiger partial charge in [-0.15, -0.1) is 0 Å². The zero-order chi connectivity index (χ0) is 17.1. The lowest BCUT2D eigenvalue weighted by atomic mass is 9.70. The fourth-order valence-electron chi connectivity index (χ4n) is 4.27. The van der Waals surface area contributed by atoms with Crippen molar-refractivity contribution in [3.63, 3.8) is 0 Å². The second-order valence-electron chi connectivity index (χ2n) is 7.29. The van der Waals surface area contributed by atoms with E-state index in [1.165, 1.54) is 19.3 Å². The van der Waals surface area contributed by atoms with Crippen LogP contribution in [0.1, 0.15) is 61.6 Å². The van der Waals surface area contributed by atoms with E-state index in [-0.39, 0.29) is 5.92 Å². The Morgan fingerprint density at radius 3 is 2.21 bits per heavy atom. The number of hydrogen-bond acceptors (Lipinski definition) is 2. The predicted octanol–water partition coefficient (Wildman–Crippen LogP) is 5.75. The largest absolute Gasteiger partial charge is 0.508 e. The lowest BCUT2D eigenvalue weighted by Crippen LogP contribution is -2.21. The standard InChI is InChI=1S/C22H28O2/c1-3-16-9-11-17(12-10-16)22(18-6-4-5-7-20(18)23)19-13-8-15(2)14-21(19)24/h4-8,13-14,16-17,22-24H,3,9-12H2,1-2H3. The highest BCUT2D eigenvalue weighted by atomic mass is 16.3. The van der Waals surface area contributed by atoms with Crippen molar-refractivity contribution >= 4 is 0 Å². The van der Waals surface area contributed by atoms with E-state index in [0.29, 0.717) is 17.4 Å². The maximum absolute atomic E-state index is 10.6. The van der Waals surface area contributed by atoms with Crippen LogP contribution in [0.2, 0.25) is 0 Å². The van der Waals surface area contributed by atoms with Crippen molar-refractivity contribution in [2.75, 3.05) is 0 Å². The fourth-order valence-corrected chi connectivity index (χ4v) is 4.27. The summed E-state index contributed by atoms with van der Waals surface area (Å²) in [5.74, 6) is 2.04. The van der Waals surface area contributed by atoms with Crippen molar-refractivity contribution in [1.82, 2.24) is 0 Å². The summed E-state index contributed by atoms with van der Waals surface area (Å²) in [5.41, 5.74) is 2.95. The van der Waals surface area contributed by atoms with E-state index < -0.39 is 0 Å². The fraction of sp³-hybridized carbons (Fsp3) is 0.455. The number of rotatable bonds is 4. The molecule has 0 heterocycles. The molecule has 0 radical (unpaired) electrons. The summed E-state index contributed by atoms with van der Waals surface area (Å²) in [6.45, 7) is 4.27. The second-order valence-corrected chi connectivity index (χ2v) is 7.29. The van der Waals surface area contributed by atoms with Crippen LogP contribution in [-0.2, 0) is 0 Å². The molecule has 2 aromatic carbocycles. The van der Waals surface area contributed by atoms with E-state index in [4.69, 9.17) is 0 Å². The molecule has 2 heteroatoms. The quantitative estimate of drug-likeness (QED) is 0.751. The molecule has 0 bridgehead atoms. The van der Waals surface area contributed by atoms with Gasteiger partial charge >= 0.3 is 0 Å². The maximum atomic E-state index is 10.6. The third-order valence-electron chi connectivity index (χ3n) is 5.73. The molecular weight excluding hydrogens is 296 g/mol. The Morgan fingerprint density at radius 2 is 1.58 bits per heavy atom. The summed E-state index contributed by atoms with van der Waals surface area (Å²) >= 11 is 0. The molecule has 1 unspecified atom stereocenters. The van der Waals surface area contributed by atoms with Crippen LogP contribution in [0.25, 0.3) is 0 Å². The number of aromatic hydroxyl groups is 2. The van der Waals surface area contributed by atoms with E-state index in [0.717, 1.165) is 35.4 Å². The minimum atomic E-state index is 0.0598. The van der Waals surface area contributed by atoms with Crippen LogP contribution >= 0.6 is 0 Å². The molecule has 128 valence electrons. The zero-order valence-corrected chi connectivity index (χ0v) is 14.7. The van der Waals surface area contributed by atoms with Crippen molar-refractivity contribution in [2.24, 2.45) is 11.8 Å². The molecule has 0 saturated heterocycles. The maximum Gasteiger partial charge on any atom is 0.119 e. The summed E-state index contributed by atoms with van der Waals surface area (Å²) in [7, 11) is 0. The van der Waals surface area contributed by atoms with Crippen molar-refractivity contribution < 1.29 is 10.2 Å². The minimum Gasteiger partial charge on any atom is -0.508 e. The molecule has 2 nitrogen and oxygen atoms in total. The molecule has 1 saturated carbocycles. The number of benzene rings is 2. The first kappa shape index (κ1) is 16.9. The van der Waals surface area contributed by atoms with Crippen LogP contribution in [0.5, 0.6) is 11.5 Å². The Morgan fingerprint density at radius 1 is 0.917 bits per heavy atom.